The molecule has 1 aromatic heterocycles. The van der Waals surface area contributed by atoms with Crippen LogP contribution in [0.4, 0.5) is 23.7 Å². The lowest BCUT2D eigenvalue weighted by Gasteiger charge is -2.35. The van der Waals surface area contributed by atoms with Crippen molar-refractivity contribution >= 4 is 17.6 Å². The highest BCUT2D eigenvalue weighted by Gasteiger charge is 2.36. The predicted octanol–water partition coefficient (Wildman–Crippen LogP) is 3.31. The number of nitrogens with zero attached hydrogens (tertiary/aromatic N) is 4. The van der Waals surface area contributed by atoms with Gasteiger partial charge < -0.3 is 15.4 Å². The van der Waals surface area contributed by atoms with Gasteiger partial charge in [-0.3, -0.25) is 9.69 Å². The predicted molar refractivity (Wildman–Crippen MR) is 119 cm³/mol. The molecule has 1 aliphatic rings. The highest BCUT2D eigenvalue weighted by molar-refractivity contribution is 6.06. The first-order chi connectivity index (χ1) is 16.8. The zero-order valence-electron chi connectivity index (χ0n) is 18.8. The Balaban J connectivity index is 1.73. The highest BCUT2D eigenvalue weighted by Crippen LogP contribution is 2.32. The molecule has 0 fully saturated rings. The van der Waals surface area contributed by atoms with Gasteiger partial charge in [0.2, 0.25) is 0 Å². The van der Waals surface area contributed by atoms with Crippen molar-refractivity contribution in [2.24, 2.45) is 0 Å². The van der Waals surface area contributed by atoms with Gasteiger partial charge in [-0.05, 0) is 36.8 Å². The van der Waals surface area contributed by atoms with Crippen molar-refractivity contribution in [3.05, 3.63) is 83.3 Å². The summed E-state index contributed by atoms with van der Waals surface area (Å²) in [5.74, 6) is -3.52. The Morgan fingerprint density at radius 1 is 1.14 bits per heavy atom. The second kappa shape index (κ2) is 9.97. The van der Waals surface area contributed by atoms with Crippen LogP contribution < -0.4 is 10.6 Å². The lowest BCUT2D eigenvalue weighted by molar-refractivity contribution is -0.113. The van der Waals surface area contributed by atoms with Gasteiger partial charge in [0.25, 0.3) is 5.91 Å². The van der Waals surface area contributed by atoms with Gasteiger partial charge in [-0.2, -0.15) is 5.10 Å². The van der Waals surface area contributed by atoms with E-state index in [0.717, 1.165) is 12.1 Å². The van der Waals surface area contributed by atoms with Crippen molar-refractivity contribution in [1.82, 2.24) is 25.0 Å². The number of hydrogen-bond acceptors (Lipinski definition) is 5. The zero-order chi connectivity index (χ0) is 25.1. The lowest BCUT2D eigenvalue weighted by atomic mass is 9.93. The van der Waals surface area contributed by atoms with Gasteiger partial charge in [0.05, 0.1) is 24.8 Å². The number of urea groups is 1. The number of rotatable bonds is 7. The summed E-state index contributed by atoms with van der Waals surface area (Å²) in [4.78, 5) is 31.3. The Morgan fingerprint density at radius 3 is 2.60 bits per heavy atom. The number of anilines is 1. The third kappa shape index (κ3) is 4.87. The number of methoxy groups -OCH3 is 1. The van der Waals surface area contributed by atoms with Gasteiger partial charge in [0.15, 0.2) is 11.6 Å². The van der Waals surface area contributed by atoms with Gasteiger partial charge in [-0.1, -0.05) is 6.07 Å². The summed E-state index contributed by atoms with van der Waals surface area (Å²) in [6.45, 7) is 1.93. The van der Waals surface area contributed by atoms with E-state index in [2.05, 4.69) is 20.7 Å². The first-order valence-electron chi connectivity index (χ1n) is 10.5. The molecule has 3 aromatic rings. The maximum Gasteiger partial charge on any atom is 0.322 e. The molecule has 2 aromatic carbocycles. The molecule has 35 heavy (non-hydrogen) atoms. The van der Waals surface area contributed by atoms with Crippen molar-refractivity contribution in [3.63, 3.8) is 0 Å². The van der Waals surface area contributed by atoms with Crippen LogP contribution >= 0.6 is 0 Å². The molecule has 0 bridgehead atoms. The van der Waals surface area contributed by atoms with Crippen LogP contribution in [0.5, 0.6) is 0 Å². The molecule has 12 heteroatoms. The Morgan fingerprint density at radius 2 is 1.94 bits per heavy atom. The number of ether oxygens (including phenoxy) is 1. The zero-order valence-corrected chi connectivity index (χ0v) is 18.8. The molecule has 0 saturated heterocycles. The molecule has 1 unspecified atom stereocenters. The molecule has 9 nitrogen and oxygen atoms in total. The number of carbonyl (C=O) groups excluding carboxylic acids is 2. The molecular weight excluding hydrogens is 465 g/mol. The SMILES string of the molecule is COCCN1C(=O)NC(c2ccc(-n3cncn3)c(F)c2)C(C(=O)Nc2ccc(F)c(F)c2)=C1C. The van der Waals surface area contributed by atoms with Crippen molar-refractivity contribution in [2.75, 3.05) is 25.6 Å². The Kier molecular flexibility index (Phi) is 6.82. The molecular formula is C23H21F3N6O3. The van der Waals surface area contributed by atoms with Crippen LogP contribution in [0.1, 0.15) is 18.5 Å². The molecule has 0 spiro atoms. The average molecular weight is 486 g/mol. The number of halogens is 3. The molecule has 182 valence electrons. The fourth-order valence-electron chi connectivity index (χ4n) is 3.77. The largest absolute Gasteiger partial charge is 0.383 e. The van der Waals surface area contributed by atoms with Crippen LogP contribution in [0, 0.1) is 17.5 Å². The minimum Gasteiger partial charge on any atom is -0.383 e. The minimum absolute atomic E-state index is 0.0148. The molecule has 1 aliphatic heterocycles. The van der Waals surface area contributed by atoms with Crippen LogP contribution in [0.3, 0.4) is 0 Å². The Hall–Kier alpha value is -4.19. The second-order valence-corrected chi connectivity index (χ2v) is 7.66. The monoisotopic (exact) mass is 486 g/mol. The molecule has 0 radical (unpaired) electrons. The summed E-state index contributed by atoms with van der Waals surface area (Å²) in [6, 6.07) is 5.59. The Labute approximate surface area is 198 Å². The van der Waals surface area contributed by atoms with Crippen molar-refractivity contribution in [1.29, 1.82) is 0 Å². The fourth-order valence-corrected chi connectivity index (χ4v) is 3.77. The normalized spacial score (nSPS) is 15.9. The molecule has 2 heterocycles. The summed E-state index contributed by atoms with van der Waals surface area (Å²) in [5.41, 5.74) is 0.834. The highest BCUT2D eigenvalue weighted by atomic mass is 19.2. The third-order valence-corrected chi connectivity index (χ3v) is 5.51. The topological polar surface area (TPSA) is 101 Å². The van der Waals surface area contributed by atoms with Crippen LogP contribution in [-0.4, -0.2) is 51.9 Å². The number of benzene rings is 2. The summed E-state index contributed by atoms with van der Waals surface area (Å²) >= 11 is 0. The molecule has 1 atom stereocenters. The summed E-state index contributed by atoms with van der Waals surface area (Å²) in [7, 11) is 1.47. The number of hydrogen-bond donors (Lipinski definition) is 2. The molecule has 3 amide bonds. The standard InChI is InChI=1S/C23H21F3N6O3/c1-13-20(22(33)29-15-4-5-16(24)17(25)10-15)21(30-23(34)31(13)7-8-35-2)14-3-6-19(18(26)9-14)32-12-27-11-28-32/h3-6,9-12,21H,7-8H2,1-2H3,(H,29,33)(H,30,34). The number of nitrogens with one attached hydrogen (secondary N) is 2. The van der Waals surface area contributed by atoms with Crippen molar-refractivity contribution in [2.45, 2.75) is 13.0 Å². The number of aromatic nitrogens is 3. The minimum atomic E-state index is -1.13. The van der Waals surface area contributed by atoms with Gasteiger partial charge in [-0.25, -0.2) is 27.6 Å². The van der Waals surface area contributed by atoms with Gasteiger partial charge in [0.1, 0.15) is 24.2 Å². The van der Waals surface area contributed by atoms with Crippen LogP contribution in [0.25, 0.3) is 5.69 Å². The molecule has 0 aliphatic carbocycles. The van der Waals surface area contributed by atoms with E-state index in [4.69, 9.17) is 4.74 Å². The molecule has 4 rings (SSSR count). The molecule has 0 saturated carbocycles. The van der Waals surface area contributed by atoms with E-state index in [0.29, 0.717) is 11.3 Å². The van der Waals surface area contributed by atoms with E-state index in [9.17, 15) is 22.8 Å². The summed E-state index contributed by atoms with van der Waals surface area (Å²) < 4.78 is 48.2. The number of allylic oxidation sites excluding steroid dienone is 1. The first-order valence-corrected chi connectivity index (χ1v) is 10.5. The average Bonchev–Trinajstić information content (AvgIpc) is 3.35. The van der Waals surface area contributed by atoms with E-state index in [1.807, 2.05) is 0 Å². The quantitative estimate of drug-likeness (QED) is 0.534. The van der Waals surface area contributed by atoms with Gasteiger partial charge >= 0.3 is 6.03 Å². The fraction of sp³-hybridized carbons (Fsp3) is 0.217. The third-order valence-electron chi connectivity index (χ3n) is 5.51. The number of amides is 3. The van der Waals surface area contributed by atoms with Crippen LogP contribution in [0.2, 0.25) is 0 Å². The van der Waals surface area contributed by atoms with E-state index in [1.54, 1.807) is 13.0 Å². The van der Waals surface area contributed by atoms with Crippen LogP contribution in [0.15, 0.2) is 60.3 Å². The van der Waals surface area contributed by atoms with E-state index < -0.39 is 35.4 Å². The Bertz CT molecular complexity index is 1300. The van der Waals surface area contributed by atoms with Gasteiger partial charge in [-0.15, -0.1) is 0 Å². The lowest BCUT2D eigenvalue weighted by Crippen LogP contribution is -2.49. The van der Waals surface area contributed by atoms with Crippen molar-refractivity contribution in [3.8, 4) is 5.69 Å². The maximum atomic E-state index is 14.9. The van der Waals surface area contributed by atoms with Crippen molar-refractivity contribution < 1.29 is 27.5 Å². The van der Waals surface area contributed by atoms with Gasteiger partial charge in [0, 0.05) is 24.6 Å². The van der Waals surface area contributed by atoms with E-state index in [-0.39, 0.29) is 30.1 Å². The second-order valence-electron chi connectivity index (χ2n) is 7.66. The summed E-state index contributed by atoms with van der Waals surface area (Å²) in [5, 5.41) is 9.14. The maximum absolute atomic E-state index is 14.9. The molecule has 2 N–H and O–H groups in total. The summed E-state index contributed by atoms with van der Waals surface area (Å²) in [6.07, 6.45) is 2.59. The first kappa shape index (κ1) is 24.0. The van der Waals surface area contributed by atoms with E-state index >= 15 is 0 Å². The number of carbonyl (C=O) groups is 2. The van der Waals surface area contributed by atoms with E-state index in [1.165, 1.54) is 47.5 Å². The smallest absolute Gasteiger partial charge is 0.322 e. The van der Waals surface area contributed by atoms with Crippen LogP contribution in [-0.2, 0) is 9.53 Å².